The Balaban J connectivity index is 1.62. The first-order valence-corrected chi connectivity index (χ1v) is 9.12. The number of carbonyl (C=O) groups excluding carboxylic acids is 1. The minimum atomic E-state index is -0.768. The molecule has 1 amide bonds. The molecular formula is C21H18FN7O. The van der Waals surface area contributed by atoms with Gasteiger partial charge in [0.1, 0.15) is 5.82 Å². The quantitative estimate of drug-likeness (QED) is 0.437. The van der Waals surface area contributed by atoms with Gasteiger partial charge in [-0.1, -0.05) is 36.4 Å². The Kier molecular flexibility index (Phi) is 5.33. The van der Waals surface area contributed by atoms with Gasteiger partial charge in [-0.25, -0.2) is 9.37 Å². The van der Waals surface area contributed by atoms with Gasteiger partial charge in [-0.05, 0) is 29.8 Å². The molecule has 4 aromatic rings. The Bertz CT molecular complexity index is 1160. The van der Waals surface area contributed by atoms with Crippen molar-refractivity contribution < 1.29 is 9.18 Å². The number of hydrogen-bond donors (Lipinski definition) is 3. The van der Waals surface area contributed by atoms with Gasteiger partial charge < -0.3 is 16.4 Å². The summed E-state index contributed by atoms with van der Waals surface area (Å²) in [6.45, 7) is 0.402. The number of anilines is 3. The van der Waals surface area contributed by atoms with Crippen LogP contribution >= 0.6 is 0 Å². The summed E-state index contributed by atoms with van der Waals surface area (Å²) in [6, 6.07) is 17.7. The smallest absolute Gasteiger partial charge is 0.252 e. The molecule has 0 saturated carbocycles. The molecule has 4 rings (SSSR count). The van der Waals surface area contributed by atoms with Gasteiger partial charge in [-0.15, -0.1) is 0 Å². The summed E-state index contributed by atoms with van der Waals surface area (Å²) in [5.74, 6) is -1.31. The van der Waals surface area contributed by atoms with Gasteiger partial charge in [0.2, 0.25) is 0 Å². The number of nitrogens with zero attached hydrogens (tertiary/aromatic N) is 4. The number of aromatic nitrogens is 4. The lowest BCUT2D eigenvalue weighted by Gasteiger charge is -2.14. The molecule has 2 aromatic heterocycles. The van der Waals surface area contributed by atoms with Crippen LogP contribution in [-0.2, 0) is 6.54 Å². The Morgan fingerprint density at radius 3 is 2.50 bits per heavy atom. The fourth-order valence-corrected chi connectivity index (χ4v) is 2.87. The number of carbonyl (C=O) groups is 1. The van der Waals surface area contributed by atoms with Gasteiger partial charge in [0, 0.05) is 12.2 Å². The summed E-state index contributed by atoms with van der Waals surface area (Å²) in [7, 11) is 0. The third-order valence-corrected chi connectivity index (χ3v) is 4.30. The average molecular weight is 403 g/mol. The number of nitrogens with one attached hydrogen (secondary N) is 2. The molecule has 0 radical (unpaired) electrons. The summed E-state index contributed by atoms with van der Waals surface area (Å²) >= 11 is 0. The van der Waals surface area contributed by atoms with E-state index in [1.54, 1.807) is 30.6 Å². The fourth-order valence-electron chi connectivity index (χ4n) is 2.87. The highest BCUT2D eigenvalue weighted by molar-refractivity contribution is 5.98. The van der Waals surface area contributed by atoms with E-state index in [9.17, 15) is 9.18 Å². The molecule has 0 aliphatic heterocycles. The van der Waals surface area contributed by atoms with Crippen LogP contribution in [0, 0.1) is 5.82 Å². The van der Waals surface area contributed by atoms with Gasteiger partial charge in [-0.2, -0.15) is 15.0 Å². The van der Waals surface area contributed by atoms with Crippen molar-refractivity contribution >= 4 is 23.2 Å². The van der Waals surface area contributed by atoms with Crippen LogP contribution in [-0.4, -0.2) is 25.9 Å². The van der Waals surface area contributed by atoms with E-state index in [1.165, 1.54) is 4.80 Å². The maximum absolute atomic E-state index is 14.6. The second kappa shape index (κ2) is 8.39. The lowest BCUT2D eigenvalue weighted by Crippen LogP contribution is -2.17. The fraction of sp³-hybridized carbons (Fsp3) is 0.0476. The topological polar surface area (TPSA) is 111 Å². The number of halogens is 1. The first-order chi connectivity index (χ1) is 14.6. The molecule has 0 fully saturated rings. The average Bonchev–Trinajstić information content (AvgIpc) is 3.30. The highest BCUT2D eigenvalue weighted by atomic mass is 19.1. The Hall–Kier alpha value is -4.27. The van der Waals surface area contributed by atoms with E-state index >= 15 is 0 Å². The van der Waals surface area contributed by atoms with E-state index in [1.807, 2.05) is 36.4 Å². The first kappa shape index (κ1) is 19.1. The van der Waals surface area contributed by atoms with Crippen molar-refractivity contribution in [3.63, 3.8) is 0 Å². The number of primary amides is 1. The lowest BCUT2D eigenvalue weighted by molar-refractivity contribution is 0.100. The summed E-state index contributed by atoms with van der Waals surface area (Å²) in [5.41, 5.74) is 7.64. The predicted octanol–water partition coefficient (Wildman–Crippen LogP) is 3.26. The number of pyridine rings is 1. The molecule has 2 aromatic carbocycles. The molecule has 9 heteroatoms. The third kappa shape index (κ3) is 4.25. The Morgan fingerprint density at radius 1 is 1.00 bits per heavy atom. The number of hydrogen-bond acceptors (Lipinski definition) is 6. The minimum Gasteiger partial charge on any atom is -0.365 e. The minimum absolute atomic E-state index is 0.0246. The molecule has 0 saturated heterocycles. The van der Waals surface area contributed by atoms with Gasteiger partial charge in [0.15, 0.2) is 11.6 Å². The van der Waals surface area contributed by atoms with Crippen molar-refractivity contribution in [2.45, 2.75) is 6.54 Å². The second-order valence-corrected chi connectivity index (χ2v) is 6.41. The molecule has 0 aliphatic rings. The van der Waals surface area contributed by atoms with Crippen LogP contribution in [0.1, 0.15) is 15.9 Å². The maximum Gasteiger partial charge on any atom is 0.252 e. The number of rotatable bonds is 7. The van der Waals surface area contributed by atoms with Gasteiger partial charge >= 0.3 is 0 Å². The van der Waals surface area contributed by atoms with Crippen molar-refractivity contribution in [3.05, 3.63) is 90.0 Å². The first-order valence-electron chi connectivity index (χ1n) is 9.12. The van der Waals surface area contributed by atoms with E-state index in [2.05, 4.69) is 25.8 Å². The van der Waals surface area contributed by atoms with Crippen LogP contribution in [0.5, 0.6) is 0 Å². The predicted molar refractivity (Wildman–Crippen MR) is 111 cm³/mol. The Labute approximate surface area is 171 Å². The van der Waals surface area contributed by atoms with E-state index in [0.717, 1.165) is 11.6 Å². The monoisotopic (exact) mass is 403 g/mol. The summed E-state index contributed by atoms with van der Waals surface area (Å²) in [5, 5.41) is 14.1. The second-order valence-electron chi connectivity index (χ2n) is 6.41. The lowest BCUT2D eigenvalue weighted by atomic mass is 10.2. The summed E-state index contributed by atoms with van der Waals surface area (Å²) < 4.78 is 14.6. The van der Waals surface area contributed by atoms with E-state index < -0.39 is 11.7 Å². The largest absolute Gasteiger partial charge is 0.365 e. The van der Waals surface area contributed by atoms with Crippen molar-refractivity contribution in [1.29, 1.82) is 0 Å². The third-order valence-electron chi connectivity index (χ3n) is 4.30. The molecular weight excluding hydrogens is 385 g/mol. The van der Waals surface area contributed by atoms with Crippen LogP contribution in [0.25, 0.3) is 5.69 Å². The zero-order valence-corrected chi connectivity index (χ0v) is 15.8. The molecule has 150 valence electrons. The van der Waals surface area contributed by atoms with Crippen LogP contribution in [0.2, 0.25) is 0 Å². The van der Waals surface area contributed by atoms with Crippen LogP contribution < -0.4 is 16.4 Å². The molecule has 0 aliphatic carbocycles. The zero-order chi connectivity index (χ0) is 20.9. The molecule has 0 atom stereocenters. The van der Waals surface area contributed by atoms with Crippen molar-refractivity contribution in [1.82, 2.24) is 20.0 Å². The Morgan fingerprint density at radius 2 is 1.77 bits per heavy atom. The van der Waals surface area contributed by atoms with Crippen molar-refractivity contribution in [3.8, 4) is 5.69 Å². The van der Waals surface area contributed by atoms with E-state index in [-0.39, 0.29) is 17.2 Å². The summed E-state index contributed by atoms with van der Waals surface area (Å²) in [6.07, 6.45) is 3.13. The van der Waals surface area contributed by atoms with E-state index in [0.29, 0.717) is 17.9 Å². The molecule has 2 heterocycles. The molecule has 0 spiro atoms. The number of amides is 1. The van der Waals surface area contributed by atoms with Crippen molar-refractivity contribution in [2.75, 3.05) is 10.6 Å². The van der Waals surface area contributed by atoms with Crippen LogP contribution in [0.4, 0.5) is 21.7 Å². The molecule has 30 heavy (non-hydrogen) atoms. The molecule has 0 unspecified atom stereocenters. The van der Waals surface area contributed by atoms with Crippen LogP contribution in [0.15, 0.2) is 73.1 Å². The number of benzene rings is 2. The molecule has 0 bridgehead atoms. The van der Waals surface area contributed by atoms with E-state index in [4.69, 9.17) is 5.73 Å². The molecule has 8 nitrogen and oxygen atoms in total. The summed E-state index contributed by atoms with van der Waals surface area (Å²) in [4.78, 5) is 17.5. The highest BCUT2D eigenvalue weighted by Gasteiger charge is 2.16. The van der Waals surface area contributed by atoms with Gasteiger partial charge in [0.05, 0.1) is 23.6 Å². The van der Waals surface area contributed by atoms with Crippen molar-refractivity contribution in [2.24, 2.45) is 5.73 Å². The zero-order valence-electron chi connectivity index (χ0n) is 15.8. The SMILES string of the molecule is NC(=O)c1cc(F)c(Nc2cccc(-n3nccn3)c2)nc1NCc1ccccc1. The van der Waals surface area contributed by atoms with Gasteiger partial charge in [0.25, 0.3) is 5.91 Å². The highest BCUT2D eigenvalue weighted by Crippen LogP contribution is 2.25. The standard InChI is InChI=1S/C21H18FN7O/c22-18-12-17(19(23)30)20(24-13-14-5-2-1-3-6-14)28-21(18)27-15-7-4-8-16(11-15)29-25-9-10-26-29/h1-12H,13H2,(H2,23,30)(H2,24,27,28). The maximum atomic E-state index is 14.6. The molecule has 4 N–H and O–H groups in total. The number of nitrogens with two attached hydrogens (primary N) is 1. The van der Waals surface area contributed by atoms with Gasteiger partial charge in [-0.3, -0.25) is 4.79 Å². The normalized spacial score (nSPS) is 10.6. The van der Waals surface area contributed by atoms with Crippen LogP contribution in [0.3, 0.4) is 0 Å².